The molecular formula is C18H26N2O3. The van der Waals surface area contributed by atoms with Crippen molar-refractivity contribution in [3.05, 3.63) is 23.8 Å². The van der Waals surface area contributed by atoms with Gasteiger partial charge in [-0.15, -0.1) is 0 Å². The Morgan fingerprint density at radius 3 is 2.65 bits per heavy atom. The summed E-state index contributed by atoms with van der Waals surface area (Å²) in [6, 6.07) is 7.04. The topological polar surface area (TPSA) is 71.3 Å². The third-order valence-electron chi connectivity index (χ3n) is 3.48. The molecule has 0 aliphatic carbocycles. The lowest BCUT2D eigenvalue weighted by molar-refractivity contribution is -0.141. The average molecular weight is 318 g/mol. The van der Waals surface area contributed by atoms with Crippen LogP contribution in [0.1, 0.15) is 46.1 Å². The van der Waals surface area contributed by atoms with E-state index in [1.165, 1.54) is 7.11 Å². The number of carbonyl (C=O) groups is 1. The Balaban J connectivity index is 2.96. The summed E-state index contributed by atoms with van der Waals surface area (Å²) in [5.41, 5.74) is 0.0458. The molecule has 0 aliphatic heterocycles. The van der Waals surface area contributed by atoms with E-state index in [1.807, 2.05) is 13.8 Å². The standard InChI is InChI=1S/C18H26N2O3/c1-6-9-23-18(4,11-13(2)3)17(21)20-15-7-8-16(22-5)14(10-15)12-19/h7-8,10,13H,6,9,11H2,1-5H3,(H,20,21). The van der Waals surface area contributed by atoms with E-state index in [0.29, 0.717) is 35.9 Å². The summed E-state index contributed by atoms with van der Waals surface area (Å²) in [7, 11) is 1.51. The minimum atomic E-state index is -0.892. The van der Waals surface area contributed by atoms with Gasteiger partial charge in [-0.05, 0) is 43.9 Å². The van der Waals surface area contributed by atoms with E-state index >= 15 is 0 Å². The molecule has 1 rings (SSSR count). The normalized spacial score (nSPS) is 13.3. The highest BCUT2D eigenvalue weighted by atomic mass is 16.5. The van der Waals surface area contributed by atoms with Gasteiger partial charge in [0.25, 0.3) is 5.91 Å². The van der Waals surface area contributed by atoms with Crippen molar-refractivity contribution in [2.45, 2.75) is 46.1 Å². The van der Waals surface area contributed by atoms with Gasteiger partial charge >= 0.3 is 0 Å². The molecule has 23 heavy (non-hydrogen) atoms. The molecule has 126 valence electrons. The zero-order chi connectivity index (χ0) is 17.5. The van der Waals surface area contributed by atoms with Crippen molar-refractivity contribution in [1.82, 2.24) is 0 Å². The number of anilines is 1. The summed E-state index contributed by atoms with van der Waals surface area (Å²) < 4.78 is 10.9. The Labute approximate surface area is 138 Å². The molecule has 0 aliphatic rings. The van der Waals surface area contributed by atoms with Crippen LogP contribution in [0.3, 0.4) is 0 Å². The van der Waals surface area contributed by atoms with Crippen LogP contribution in [0.2, 0.25) is 0 Å². The predicted octanol–water partition coefficient (Wildman–Crippen LogP) is 3.74. The van der Waals surface area contributed by atoms with Gasteiger partial charge in [-0.1, -0.05) is 20.8 Å². The number of nitriles is 1. The Morgan fingerprint density at radius 2 is 2.13 bits per heavy atom. The van der Waals surface area contributed by atoms with Crippen LogP contribution >= 0.6 is 0 Å². The molecule has 0 spiro atoms. The quantitative estimate of drug-likeness (QED) is 0.792. The van der Waals surface area contributed by atoms with Crippen molar-refractivity contribution in [3.63, 3.8) is 0 Å². The number of hydrogen-bond acceptors (Lipinski definition) is 4. The van der Waals surface area contributed by atoms with E-state index < -0.39 is 5.60 Å². The van der Waals surface area contributed by atoms with Crippen LogP contribution in [0.15, 0.2) is 18.2 Å². The number of nitrogens with one attached hydrogen (secondary N) is 1. The summed E-state index contributed by atoms with van der Waals surface area (Å²) in [5, 5.41) is 12.0. The fourth-order valence-corrected chi connectivity index (χ4v) is 2.46. The van der Waals surface area contributed by atoms with E-state index in [4.69, 9.17) is 14.7 Å². The summed E-state index contributed by atoms with van der Waals surface area (Å²) >= 11 is 0. The molecule has 5 nitrogen and oxygen atoms in total. The third-order valence-corrected chi connectivity index (χ3v) is 3.48. The first kappa shape index (κ1) is 19.0. The van der Waals surface area contributed by atoms with Crippen LogP contribution in [0.4, 0.5) is 5.69 Å². The summed E-state index contributed by atoms with van der Waals surface area (Å²) in [5.74, 6) is 0.611. The van der Waals surface area contributed by atoms with E-state index in [-0.39, 0.29) is 5.91 Å². The fourth-order valence-electron chi connectivity index (χ4n) is 2.46. The highest BCUT2D eigenvalue weighted by Gasteiger charge is 2.35. The molecule has 1 unspecified atom stereocenters. The lowest BCUT2D eigenvalue weighted by atomic mass is 9.93. The van der Waals surface area contributed by atoms with Gasteiger partial charge in [-0.25, -0.2) is 0 Å². The monoisotopic (exact) mass is 318 g/mol. The molecule has 1 N–H and O–H groups in total. The first-order chi connectivity index (χ1) is 10.9. The molecule has 0 aromatic heterocycles. The van der Waals surface area contributed by atoms with E-state index in [1.54, 1.807) is 18.2 Å². The number of hydrogen-bond donors (Lipinski definition) is 1. The maximum atomic E-state index is 12.7. The molecule has 0 bridgehead atoms. The third kappa shape index (κ3) is 5.26. The summed E-state index contributed by atoms with van der Waals surface area (Å²) in [4.78, 5) is 12.7. The van der Waals surface area contributed by atoms with Crippen LogP contribution in [0.5, 0.6) is 5.75 Å². The van der Waals surface area contributed by atoms with Crippen LogP contribution < -0.4 is 10.1 Å². The van der Waals surface area contributed by atoms with Crippen LogP contribution in [0.25, 0.3) is 0 Å². The lowest BCUT2D eigenvalue weighted by Gasteiger charge is -2.30. The Morgan fingerprint density at radius 1 is 1.43 bits per heavy atom. The lowest BCUT2D eigenvalue weighted by Crippen LogP contribution is -2.44. The van der Waals surface area contributed by atoms with Gasteiger partial charge < -0.3 is 14.8 Å². The molecule has 0 radical (unpaired) electrons. The van der Waals surface area contributed by atoms with Crippen molar-refractivity contribution in [1.29, 1.82) is 5.26 Å². The first-order valence-electron chi connectivity index (χ1n) is 7.89. The van der Waals surface area contributed by atoms with E-state index in [9.17, 15) is 4.79 Å². The zero-order valence-corrected chi connectivity index (χ0v) is 14.6. The van der Waals surface area contributed by atoms with Gasteiger partial charge in [0.1, 0.15) is 17.4 Å². The predicted molar refractivity (Wildman–Crippen MR) is 90.4 cm³/mol. The van der Waals surface area contributed by atoms with Crippen molar-refractivity contribution in [2.75, 3.05) is 19.0 Å². The van der Waals surface area contributed by atoms with Gasteiger partial charge in [0.15, 0.2) is 0 Å². The molecule has 1 aromatic rings. The highest BCUT2D eigenvalue weighted by Crippen LogP contribution is 2.26. The molecule has 0 saturated carbocycles. The van der Waals surface area contributed by atoms with Crippen LogP contribution in [-0.4, -0.2) is 25.2 Å². The largest absolute Gasteiger partial charge is 0.495 e. The molecule has 1 amide bonds. The van der Waals surface area contributed by atoms with Crippen molar-refractivity contribution in [3.8, 4) is 11.8 Å². The SMILES string of the molecule is CCCOC(C)(CC(C)C)C(=O)Nc1ccc(OC)c(C#N)c1. The number of nitrogens with zero attached hydrogens (tertiary/aromatic N) is 1. The Kier molecular flexibility index (Phi) is 7.05. The van der Waals surface area contributed by atoms with Gasteiger partial charge in [0.05, 0.1) is 12.7 Å². The van der Waals surface area contributed by atoms with Crippen molar-refractivity contribution in [2.24, 2.45) is 5.92 Å². The maximum absolute atomic E-state index is 12.7. The molecule has 1 atom stereocenters. The number of methoxy groups -OCH3 is 1. The van der Waals surface area contributed by atoms with Gasteiger partial charge in [0, 0.05) is 12.3 Å². The number of rotatable bonds is 8. The number of amides is 1. The van der Waals surface area contributed by atoms with E-state index in [0.717, 1.165) is 6.42 Å². The van der Waals surface area contributed by atoms with Gasteiger partial charge in [-0.3, -0.25) is 4.79 Å². The number of benzene rings is 1. The average Bonchev–Trinajstić information content (AvgIpc) is 2.52. The Hall–Kier alpha value is -2.06. The molecule has 0 saturated heterocycles. The molecule has 1 aromatic carbocycles. The fraction of sp³-hybridized carbons (Fsp3) is 0.556. The molecule has 0 fully saturated rings. The number of carbonyl (C=O) groups excluding carboxylic acids is 1. The minimum Gasteiger partial charge on any atom is -0.495 e. The molecule has 5 heteroatoms. The first-order valence-corrected chi connectivity index (χ1v) is 7.89. The minimum absolute atomic E-state index is 0.200. The zero-order valence-electron chi connectivity index (χ0n) is 14.6. The second-order valence-corrected chi connectivity index (χ2v) is 6.16. The van der Waals surface area contributed by atoms with Crippen LogP contribution in [0, 0.1) is 17.2 Å². The summed E-state index contributed by atoms with van der Waals surface area (Å²) in [6.45, 7) is 8.47. The maximum Gasteiger partial charge on any atom is 0.256 e. The van der Waals surface area contributed by atoms with Gasteiger partial charge in [-0.2, -0.15) is 5.26 Å². The molecule has 0 heterocycles. The second kappa shape index (κ2) is 8.54. The smallest absolute Gasteiger partial charge is 0.256 e. The molecular weight excluding hydrogens is 292 g/mol. The van der Waals surface area contributed by atoms with Crippen molar-refractivity contribution < 1.29 is 14.3 Å². The van der Waals surface area contributed by atoms with Gasteiger partial charge in [0.2, 0.25) is 0 Å². The Bertz CT molecular complexity index is 578. The summed E-state index contributed by atoms with van der Waals surface area (Å²) in [6.07, 6.45) is 1.47. The highest BCUT2D eigenvalue weighted by molar-refractivity contribution is 5.97. The van der Waals surface area contributed by atoms with Crippen molar-refractivity contribution >= 4 is 11.6 Å². The van der Waals surface area contributed by atoms with Crippen LogP contribution in [-0.2, 0) is 9.53 Å². The number of ether oxygens (including phenoxy) is 2. The van der Waals surface area contributed by atoms with E-state index in [2.05, 4.69) is 25.2 Å². The second-order valence-electron chi connectivity index (χ2n) is 6.16.